The van der Waals surface area contributed by atoms with Crippen LogP contribution in [0.25, 0.3) is 0 Å². The lowest BCUT2D eigenvalue weighted by Gasteiger charge is -2.28. The second-order valence-corrected chi connectivity index (χ2v) is 4.87. The van der Waals surface area contributed by atoms with Gasteiger partial charge in [0.25, 0.3) is 0 Å². The summed E-state index contributed by atoms with van der Waals surface area (Å²) in [6.45, 7) is 1.97. The molecule has 5 heteroatoms. The number of rotatable bonds is 2. The number of hydrogen-bond acceptors (Lipinski definition) is 3. The Morgan fingerprint density at radius 3 is 2.62 bits per heavy atom. The Hall–Kier alpha value is -0.810. The van der Waals surface area contributed by atoms with Crippen molar-refractivity contribution in [1.29, 1.82) is 0 Å². The number of nitrogens with two attached hydrogens (primary N) is 1. The van der Waals surface area contributed by atoms with Gasteiger partial charge in [0.15, 0.2) is 0 Å². The molecule has 1 aliphatic heterocycles. The van der Waals surface area contributed by atoms with Gasteiger partial charge in [-0.25, -0.2) is 9.40 Å². The van der Waals surface area contributed by atoms with Crippen molar-refractivity contribution >= 4 is 27.3 Å². The Morgan fingerprint density at radius 2 is 1.94 bits per heavy atom. The highest BCUT2D eigenvalue weighted by molar-refractivity contribution is 9.10. The molecule has 1 aliphatic rings. The summed E-state index contributed by atoms with van der Waals surface area (Å²) in [6.07, 6.45) is 3.61. The van der Waals surface area contributed by atoms with Gasteiger partial charge in [-0.1, -0.05) is 6.42 Å². The van der Waals surface area contributed by atoms with E-state index < -0.39 is 0 Å². The Bertz CT molecular complexity index is 378. The lowest BCUT2D eigenvalue weighted by atomic mass is 10.2. The molecule has 1 aromatic rings. The zero-order valence-corrected chi connectivity index (χ0v) is 10.6. The summed E-state index contributed by atoms with van der Waals surface area (Å²) >= 11 is 3.11. The van der Waals surface area contributed by atoms with Crippen LogP contribution < -0.4 is 11.2 Å². The van der Waals surface area contributed by atoms with Crippen molar-refractivity contribution < 1.29 is 4.39 Å². The first-order valence-electron chi connectivity index (χ1n) is 5.43. The fourth-order valence-corrected chi connectivity index (χ4v) is 2.20. The van der Waals surface area contributed by atoms with Crippen LogP contribution in [0.4, 0.5) is 15.8 Å². The molecule has 1 saturated heterocycles. The Balaban J connectivity index is 2.11. The van der Waals surface area contributed by atoms with Crippen LogP contribution in [0.1, 0.15) is 19.3 Å². The minimum atomic E-state index is -0.297. The van der Waals surface area contributed by atoms with Gasteiger partial charge in [0.1, 0.15) is 5.82 Å². The maximum Gasteiger partial charge on any atom is 0.139 e. The molecule has 1 fully saturated rings. The van der Waals surface area contributed by atoms with Gasteiger partial charge in [-0.15, -0.1) is 0 Å². The van der Waals surface area contributed by atoms with Crippen LogP contribution in [0.2, 0.25) is 0 Å². The molecule has 88 valence electrons. The van der Waals surface area contributed by atoms with E-state index in [0.29, 0.717) is 15.8 Å². The van der Waals surface area contributed by atoms with E-state index in [1.807, 2.05) is 0 Å². The number of anilines is 2. The third kappa shape index (κ3) is 2.65. The average molecular weight is 288 g/mol. The highest BCUT2D eigenvalue weighted by atomic mass is 79.9. The summed E-state index contributed by atoms with van der Waals surface area (Å²) in [6, 6.07) is 3.01. The van der Waals surface area contributed by atoms with Gasteiger partial charge in [0.05, 0.1) is 15.8 Å². The second-order valence-electron chi connectivity index (χ2n) is 4.01. The summed E-state index contributed by atoms with van der Waals surface area (Å²) < 4.78 is 13.7. The van der Waals surface area contributed by atoms with E-state index in [1.165, 1.54) is 25.3 Å². The second kappa shape index (κ2) is 5.01. The van der Waals surface area contributed by atoms with Crippen molar-refractivity contribution in [1.82, 2.24) is 5.01 Å². The highest BCUT2D eigenvalue weighted by Gasteiger charge is 2.12. The van der Waals surface area contributed by atoms with Crippen LogP contribution in [-0.2, 0) is 0 Å². The molecule has 3 nitrogen and oxygen atoms in total. The third-order valence-electron chi connectivity index (χ3n) is 2.73. The third-order valence-corrected chi connectivity index (χ3v) is 3.33. The number of piperidine rings is 1. The smallest absolute Gasteiger partial charge is 0.139 e. The number of hydrazine groups is 1. The van der Waals surface area contributed by atoms with Gasteiger partial charge in [0, 0.05) is 19.2 Å². The van der Waals surface area contributed by atoms with Crippen LogP contribution in [0, 0.1) is 5.82 Å². The standard InChI is InChI=1S/C11H15BrFN3/c12-8-6-10(14)11(7-9(8)13)15-16-4-2-1-3-5-16/h6-7,15H,1-5,14H2. The molecule has 0 spiro atoms. The Morgan fingerprint density at radius 1 is 1.25 bits per heavy atom. The van der Waals surface area contributed by atoms with Gasteiger partial charge in [-0.05, 0) is 34.8 Å². The normalized spacial score (nSPS) is 17.4. The first-order chi connectivity index (χ1) is 7.66. The summed E-state index contributed by atoms with van der Waals surface area (Å²) in [5.41, 5.74) is 10.2. The van der Waals surface area contributed by atoms with Gasteiger partial charge in [0.2, 0.25) is 0 Å². The van der Waals surface area contributed by atoms with Crippen molar-refractivity contribution in [3.8, 4) is 0 Å². The number of hydrogen-bond donors (Lipinski definition) is 2. The largest absolute Gasteiger partial charge is 0.397 e. The minimum Gasteiger partial charge on any atom is -0.397 e. The van der Waals surface area contributed by atoms with E-state index in [-0.39, 0.29) is 5.82 Å². The molecule has 0 aliphatic carbocycles. The quantitative estimate of drug-likeness (QED) is 0.822. The molecule has 0 bridgehead atoms. The van der Waals surface area contributed by atoms with Crippen molar-refractivity contribution in [2.24, 2.45) is 0 Å². The Labute approximate surface area is 103 Å². The molecule has 1 heterocycles. The molecule has 0 unspecified atom stereocenters. The topological polar surface area (TPSA) is 41.3 Å². The maximum absolute atomic E-state index is 13.4. The van der Waals surface area contributed by atoms with Crippen LogP contribution in [-0.4, -0.2) is 18.1 Å². The molecule has 0 radical (unpaired) electrons. The monoisotopic (exact) mass is 287 g/mol. The van der Waals surface area contributed by atoms with Crippen LogP contribution in [0.15, 0.2) is 16.6 Å². The summed E-state index contributed by atoms with van der Waals surface area (Å²) in [7, 11) is 0. The number of nitrogen functional groups attached to an aromatic ring is 1. The predicted octanol–water partition coefficient (Wildman–Crippen LogP) is 2.98. The number of benzene rings is 1. The first-order valence-corrected chi connectivity index (χ1v) is 6.22. The summed E-state index contributed by atoms with van der Waals surface area (Å²) in [5, 5.41) is 2.09. The number of halogens is 2. The fourth-order valence-electron chi connectivity index (χ4n) is 1.84. The van der Waals surface area contributed by atoms with E-state index >= 15 is 0 Å². The van der Waals surface area contributed by atoms with E-state index in [9.17, 15) is 4.39 Å². The highest BCUT2D eigenvalue weighted by Crippen LogP contribution is 2.27. The number of nitrogens with zero attached hydrogens (tertiary/aromatic N) is 1. The molecule has 0 saturated carbocycles. The zero-order valence-electron chi connectivity index (χ0n) is 8.97. The maximum atomic E-state index is 13.4. The van der Waals surface area contributed by atoms with E-state index in [4.69, 9.17) is 5.73 Å². The van der Waals surface area contributed by atoms with Gasteiger partial charge in [-0.2, -0.15) is 0 Å². The minimum absolute atomic E-state index is 0.297. The number of nitrogens with one attached hydrogen (secondary N) is 1. The molecule has 3 N–H and O–H groups in total. The zero-order chi connectivity index (χ0) is 11.5. The van der Waals surface area contributed by atoms with Crippen LogP contribution in [0.3, 0.4) is 0 Å². The van der Waals surface area contributed by atoms with Crippen LogP contribution >= 0.6 is 15.9 Å². The molecule has 2 rings (SSSR count). The molecule has 0 atom stereocenters. The first kappa shape index (κ1) is 11.7. The molecule has 0 amide bonds. The van der Waals surface area contributed by atoms with E-state index in [0.717, 1.165) is 13.1 Å². The van der Waals surface area contributed by atoms with Gasteiger partial charge >= 0.3 is 0 Å². The lowest BCUT2D eigenvalue weighted by Crippen LogP contribution is -2.35. The van der Waals surface area contributed by atoms with Gasteiger partial charge in [-0.3, -0.25) is 0 Å². The molecule has 16 heavy (non-hydrogen) atoms. The fraction of sp³-hybridized carbons (Fsp3) is 0.455. The van der Waals surface area contributed by atoms with Crippen molar-refractivity contribution in [3.05, 3.63) is 22.4 Å². The summed E-state index contributed by atoms with van der Waals surface area (Å²) in [4.78, 5) is 0. The molecular weight excluding hydrogens is 273 g/mol. The summed E-state index contributed by atoms with van der Waals surface area (Å²) in [5.74, 6) is -0.297. The van der Waals surface area contributed by atoms with Gasteiger partial charge < -0.3 is 11.2 Å². The SMILES string of the molecule is Nc1cc(Br)c(F)cc1NN1CCCCC1. The van der Waals surface area contributed by atoms with E-state index in [1.54, 1.807) is 6.07 Å². The van der Waals surface area contributed by atoms with Crippen molar-refractivity contribution in [3.63, 3.8) is 0 Å². The average Bonchev–Trinajstić information content (AvgIpc) is 2.27. The molecule has 0 aromatic heterocycles. The lowest BCUT2D eigenvalue weighted by molar-refractivity contribution is 0.273. The van der Waals surface area contributed by atoms with Crippen molar-refractivity contribution in [2.45, 2.75) is 19.3 Å². The molecular formula is C11H15BrFN3. The molecule has 1 aromatic carbocycles. The van der Waals surface area contributed by atoms with E-state index in [2.05, 4.69) is 26.4 Å². The van der Waals surface area contributed by atoms with Crippen LogP contribution in [0.5, 0.6) is 0 Å². The van der Waals surface area contributed by atoms with Crippen molar-refractivity contribution in [2.75, 3.05) is 24.2 Å². The Kier molecular flexibility index (Phi) is 3.66. The predicted molar refractivity (Wildman–Crippen MR) is 67.6 cm³/mol.